The van der Waals surface area contributed by atoms with E-state index in [2.05, 4.69) is 50.4 Å². The van der Waals surface area contributed by atoms with Crippen molar-refractivity contribution in [1.82, 2.24) is 4.90 Å². The van der Waals surface area contributed by atoms with Gasteiger partial charge in [-0.25, -0.2) is 0 Å². The topological polar surface area (TPSA) is 32.3 Å². The Hall–Kier alpha value is -1.51. The molecule has 0 aromatic heterocycles. The molecule has 1 aromatic rings. The van der Waals surface area contributed by atoms with Gasteiger partial charge in [-0.15, -0.1) is 0 Å². The molecule has 1 unspecified atom stereocenters. The van der Waals surface area contributed by atoms with Gasteiger partial charge in [0.25, 0.3) is 0 Å². The molecule has 3 heteroatoms. The van der Waals surface area contributed by atoms with E-state index in [9.17, 15) is 4.79 Å². The molecule has 1 aliphatic heterocycles. The van der Waals surface area contributed by atoms with Crippen molar-refractivity contribution < 1.29 is 4.79 Å². The van der Waals surface area contributed by atoms with Gasteiger partial charge in [0.05, 0.1) is 0 Å². The van der Waals surface area contributed by atoms with Crippen LogP contribution in [0.3, 0.4) is 0 Å². The number of nitrogens with zero attached hydrogens (tertiary/aromatic N) is 1. The Bertz CT molecular complexity index is 453. The van der Waals surface area contributed by atoms with E-state index >= 15 is 0 Å². The number of nitrogens with one attached hydrogen (secondary N) is 1. The highest BCUT2D eigenvalue weighted by molar-refractivity contribution is 5.76. The van der Waals surface area contributed by atoms with Crippen molar-refractivity contribution in [2.45, 2.75) is 46.0 Å². The van der Waals surface area contributed by atoms with Crippen molar-refractivity contribution in [3.63, 3.8) is 0 Å². The highest BCUT2D eigenvalue weighted by Gasteiger charge is 2.20. The molecule has 0 spiro atoms. The van der Waals surface area contributed by atoms with Gasteiger partial charge in [0.15, 0.2) is 0 Å². The predicted octanol–water partition coefficient (Wildman–Crippen LogP) is 3.87. The molecular formula is C18H28N2O. The van der Waals surface area contributed by atoms with Crippen molar-refractivity contribution in [1.29, 1.82) is 0 Å². The van der Waals surface area contributed by atoms with Gasteiger partial charge in [-0.05, 0) is 42.4 Å². The summed E-state index contributed by atoms with van der Waals surface area (Å²) in [7, 11) is 0. The molecule has 1 N–H and O–H groups in total. The Labute approximate surface area is 128 Å². The maximum Gasteiger partial charge on any atom is 0.224 e. The number of piperidine rings is 1. The Balaban J connectivity index is 1.74. The highest BCUT2D eigenvalue weighted by Crippen LogP contribution is 2.18. The third kappa shape index (κ3) is 4.76. The Morgan fingerprint density at radius 1 is 1.33 bits per heavy atom. The summed E-state index contributed by atoms with van der Waals surface area (Å²) in [6.45, 7) is 9.20. The van der Waals surface area contributed by atoms with Crippen molar-refractivity contribution in [2.75, 3.05) is 25.0 Å². The largest absolute Gasteiger partial charge is 0.385 e. The third-order valence-electron chi connectivity index (χ3n) is 4.26. The quantitative estimate of drug-likeness (QED) is 0.892. The lowest BCUT2D eigenvalue weighted by molar-refractivity contribution is -0.132. The zero-order valence-electron chi connectivity index (χ0n) is 13.6. The second-order valence-electron chi connectivity index (χ2n) is 6.54. The van der Waals surface area contributed by atoms with Crippen LogP contribution in [0.15, 0.2) is 24.3 Å². The fourth-order valence-corrected chi connectivity index (χ4v) is 2.87. The Morgan fingerprint density at radius 2 is 2.05 bits per heavy atom. The average molecular weight is 288 g/mol. The number of benzene rings is 1. The van der Waals surface area contributed by atoms with Crippen molar-refractivity contribution in [3.8, 4) is 0 Å². The minimum Gasteiger partial charge on any atom is -0.385 e. The first kappa shape index (κ1) is 15.9. The van der Waals surface area contributed by atoms with E-state index in [0.717, 1.165) is 25.2 Å². The SMILES string of the molecule is CC1CCCN(C(=O)CCNc2ccc(C(C)C)cc2)C1. The van der Waals surface area contributed by atoms with E-state index in [1.807, 2.05) is 4.90 Å². The fourth-order valence-electron chi connectivity index (χ4n) is 2.87. The van der Waals surface area contributed by atoms with Crippen LogP contribution in [-0.2, 0) is 4.79 Å². The lowest BCUT2D eigenvalue weighted by Gasteiger charge is -2.31. The van der Waals surface area contributed by atoms with E-state index in [4.69, 9.17) is 0 Å². The summed E-state index contributed by atoms with van der Waals surface area (Å²) in [5.74, 6) is 1.49. The van der Waals surface area contributed by atoms with Gasteiger partial charge in [0.1, 0.15) is 0 Å². The van der Waals surface area contributed by atoms with Crippen LogP contribution in [0.25, 0.3) is 0 Å². The van der Waals surface area contributed by atoms with Gasteiger partial charge in [0, 0.05) is 31.7 Å². The van der Waals surface area contributed by atoms with Gasteiger partial charge in [-0.3, -0.25) is 4.79 Å². The number of carbonyl (C=O) groups is 1. The van der Waals surface area contributed by atoms with E-state index in [1.165, 1.54) is 12.0 Å². The number of hydrogen-bond acceptors (Lipinski definition) is 2. The van der Waals surface area contributed by atoms with Crippen LogP contribution < -0.4 is 5.32 Å². The minimum absolute atomic E-state index is 0.285. The number of likely N-dealkylation sites (tertiary alicyclic amines) is 1. The van der Waals surface area contributed by atoms with Crippen LogP contribution in [0.5, 0.6) is 0 Å². The summed E-state index contributed by atoms with van der Waals surface area (Å²) < 4.78 is 0. The van der Waals surface area contributed by atoms with Gasteiger partial charge >= 0.3 is 0 Å². The maximum absolute atomic E-state index is 12.2. The summed E-state index contributed by atoms with van der Waals surface area (Å²) in [6.07, 6.45) is 2.99. The lowest BCUT2D eigenvalue weighted by Crippen LogP contribution is -2.39. The molecule has 3 nitrogen and oxygen atoms in total. The van der Waals surface area contributed by atoms with Crippen LogP contribution in [0.4, 0.5) is 5.69 Å². The minimum atomic E-state index is 0.285. The molecule has 0 aliphatic carbocycles. The van der Waals surface area contributed by atoms with E-state index in [0.29, 0.717) is 24.8 Å². The molecular weight excluding hydrogens is 260 g/mol. The standard InChI is InChI=1S/C18H28N2O/c1-14(2)16-6-8-17(9-7-16)19-11-10-18(21)20-12-4-5-15(3)13-20/h6-9,14-15,19H,4-5,10-13H2,1-3H3. The van der Waals surface area contributed by atoms with Crippen molar-refractivity contribution in [3.05, 3.63) is 29.8 Å². The van der Waals surface area contributed by atoms with E-state index in [-0.39, 0.29) is 5.91 Å². The molecule has 1 saturated heterocycles. The molecule has 1 aromatic carbocycles. The molecule has 1 heterocycles. The molecule has 0 bridgehead atoms. The molecule has 2 rings (SSSR count). The first-order valence-electron chi connectivity index (χ1n) is 8.18. The fraction of sp³-hybridized carbons (Fsp3) is 0.611. The van der Waals surface area contributed by atoms with Gasteiger partial charge in [-0.2, -0.15) is 0 Å². The molecule has 1 fully saturated rings. The van der Waals surface area contributed by atoms with Crippen LogP contribution in [-0.4, -0.2) is 30.4 Å². The van der Waals surface area contributed by atoms with Crippen LogP contribution in [0, 0.1) is 5.92 Å². The number of carbonyl (C=O) groups excluding carboxylic acids is 1. The molecule has 1 aliphatic rings. The molecule has 0 radical (unpaired) electrons. The predicted molar refractivity (Wildman–Crippen MR) is 88.6 cm³/mol. The summed E-state index contributed by atoms with van der Waals surface area (Å²) in [6, 6.07) is 8.51. The van der Waals surface area contributed by atoms with Crippen LogP contribution in [0.2, 0.25) is 0 Å². The highest BCUT2D eigenvalue weighted by atomic mass is 16.2. The molecule has 21 heavy (non-hydrogen) atoms. The van der Waals surface area contributed by atoms with Crippen molar-refractivity contribution >= 4 is 11.6 Å². The number of rotatable bonds is 5. The zero-order chi connectivity index (χ0) is 15.2. The number of hydrogen-bond donors (Lipinski definition) is 1. The monoisotopic (exact) mass is 288 g/mol. The average Bonchev–Trinajstić information content (AvgIpc) is 2.47. The molecule has 0 saturated carbocycles. The van der Waals surface area contributed by atoms with Gasteiger partial charge < -0.3 is 10.2 Å². The second kappa shape index (κ2) is 7.48. The number of amides is 1. The normalized spacial score (nSPS) is 18.9. The third-order valence-corrected chi connectivity index (χ3v) is 4.26. The van der Waals surface area contributed by atoms with Crippen LogP contribution >= 0.6 is 0 Å². The maximum atomic E-state index is 12.2. The first-order chi connectivity index (χ1) is 10.1. The zero-order valence-corrected chi connectivity index (χ0v) is 13.6. The van der Waals surface area contributed by atoms with Gasteiger partial charge in [-0.1, -0.05) is 32.9 Å². The van der Waals surface area contributed by atoms with Crippen LogP contribution in [0.1, 0.15) is 51.5 Å². The van der Waals surface area contributed by atoms with E-state index < -0.39 is 0 Å². The van der Waals surface area contributed by atoms with Gasteiger partial charge in [0.2, 0.25) is 5.91 Å². The molecule has 116 valence electrons. The molecule has 1 atom stereocenters. The van der Waals surface area contributed by atoms with E-state index in [1.54, 1.807) is 0 Å². The lowest BCUT2D eigenvalue weighted by atomic mass is 10.00. The number of anilines is 1. The summed E-state index contributed by atoms with van der Waals surface area (Å²) in [5.41, 5.74) is 2.44. The summed E-state index contributed by atoms with van der Waals surface area (Å²) in [5, 5.41) is 3.34. The van der Waals surface area contributed by atoms with Crippen molar-refractivity contribution in [2.24, 2.45) is 5.92 Å². The first-order valence-corrected chi connectivity index (χ1v) is 8.18. The summed E-state index contributed by atoms with van der Waals surface area (Å²) in [4.78, 5) is 14.2. The second-order valence-corrected chi connectivity index (χ2v) is 6.54. The molecule has 1 amide bonds. The Morgan fingerprint density at radius 3 is 2.67 bits per heavy atom. The summed E-state index contributed by atoms with van der Waals surface area (Å²) >= 11 is 0. The Kier molecular flexibility index (Phi) is 5.66. The smallest absolute Gasteiger partial charge is 0.224 e.